The molecule has 1 aliphatic rings. The molecular weight excluding hydrogens is 424 g/mol. The Morgan fingerprint density at radius 2 is 2.07 bits per heavy atom. The van der Waals surface area contributed by atoms with Gasteiger partial charge in [0.2, 0.25) is 5.91 Å². The zero-order valence-corrected chi connectivity index (χ0v) is 17.5. The van der Waals surface area contributed by atoms with Crippen molar-refractivity contribution in [2.75, 3.05) is 30.9 Å². The Morgan fingerprint density at radius 3 is 2.82 bits per heavy atom. The van der Waals surface area contributed by atoms with E-state index < -0.39 is 0 Å². The molecule has 0 saturated heterocycles. The number of rotatable bonds is 7. The highest BCUT2D eigenvalue weighted by molar-refractivity contribution is 8.01. The van der Waals surface area contributed by atoms with Crippen LogP contribution in [0.25, 0.3) is 0 Å². The first kappa shape index (κ1) is 20.8. The van der Waals surface area contributed by atoms with Gasteiger partial charge in [-0.15, -0.1) is 11.3 Å². The summed E-state index contributed by atoms with van der Waals surface area (Å²) in [6, 6.07) is 3.32. The summed E-state index contributed by atoms with van der Waals surface area (Å²) in [5.74, 6) is 0.770. The Morgan fingerprint density at radius 1 is 1.32 bits per heavy atom. The van der Waals surface area contributed by atoms with E-state index in [1.165, 1.54) is 23.1 Å². The lowest BCUT2D eigenvalue weighted by molar-refractivity contribution is -0.142. The molecule has 0 bridgehead atoms. The number of nitrogens with one attached hydrogen (secondary N) is 1. The molecule has 2 heterocycles. The monoisotopic (exact) mass is 442 g/mol. The van der Waals surface area contributed by atoms with Gasteiger partial charge in [0, 0.05) is 23.9 Å². The smallest absolute Gasteiger partial charge is 0.311 e. The predicted molar refractivity (Wildman–Crippen MR) is 109 cm³/mol. The van der Waals surface area contributed by atoms with Crippen molar-refractivity contribution in [3.63, 3.8) is 0 Å². The fourth-order valence-corrected chi connectivity index (χ4v) is 4.23. The van der Waals surface area contributed by atoms with E-state index in [2.05, 4.69) is 10.3 Å². The van der Waals surface area contributed by atoms with Gasteiger partial charge < -0.3 is 19.5 Å². The summed E-state index contributed by atoms with van der Waals surface area (Å²) in [4.78, 5) is 28.1. The van der Waals surface area contributed by atoms with Gasteiger partial charge in [0.15, 0.2) is 15.8 Å². The molecule has 2 aromatic rings. The number of amides is 1. The van der Waals surface area contributed by atoms with Gasteiger partial charge in [0.25, 0.3) is 0 Å². The first-order chi connectivity index (χ1) is 13.5. The molecule has 1 amide bonds. The van der Waals surface area contributed by atoms with Gasteiger partial charge in [-0.3, -0.25) is 9.59 Å². The number of halogens is 1. The number of anilines is 1. The average Bonchev–Trinajstić information content (AvgIpc) is 2.97. The van der Waals surface area contributed by atoms with Gasteiger partial charge in [-0.2, -0.15) is 0 Å². The van der Waals surface area contributed by atoms with Gasteiger partial charge in [-0.05, 0) is 6.92 Å². The summed E-state index contributed by atoms with van der Waals surface area (Å²) in [5, 5.41) is 4.95. The van der Waals surface area contributed by atoms with Gasteiger partial charge in [-0.1, -0.05) is 23.4 Å². The number of esters is 1. The molecule has 0 unspecified atom stereocenters. The highest BCUT2D eigenvalue weighted by Gasteiger charge is 2.16. The van der Waals surface area contributed by atoms with Crippen molar-refractivity contribution >= 4 is 52.3 Å². The number of nitrogens with zero attached hydrogens (tertiary/aromatic N) is 1. The van der Waals surface area contributed by atoms with Crippen LogP contribution in [0.15, 0.2) is 21.9 Å². The Hall–Kier alpha value is -1.97. The zero-order chi connectivity index (χ0) is 19.9. The number of benzene rings is 1. The highest BCUT2D eigenvalue weighted by atomic mass is 35.5. The van der Waals surface area contributed by atoms with E-state index in [-0.39, 0.29) is 24.1 Å². The second-order valence-electron chi connectivity index (χ2n) is 5.75. The molecule has 1 aromatic heterocycles. The summed E-state index contributed by atoms with van der Waals surface area (Å²) < 4.78 is 16.8. The Balaban J connectivity index is 1.54. The molecule has 0 radical (unpaired) electrons. The molecule has 0 fully saturated rings. The number of carbonyl (C=O) groups excluding carboxylic acids is 2. The molecule has 150 valence electrons. The van der Waals surface area contributed by atoms with Crippen LogP contribution in [0, 0.1) is 0 Å². The van der Waals surface area contributed by atoms with Crippen molar-refractivity contribution < 1.29 is 23.8 Å². The number of ether oxygens (including phenoxy) is 3. The number of thiazole rings is 1. The average molecular weight is 443 g/mol. The molecule has 1 aliphatic heterocycles. The van der Waals surface area contributed by atoms with Crippen molar-refractivity contribution in [2.45, 2.75) is 24.1 Å². The van der Waals surface area contributed by atoms with Crippen molar-refractivity contribution in [1.29, 1.82) is 0 Å². The lowest BCUT2D eigenvalue weighted by Gasteiger charge is -2.12. The Kier molecular flexibility index (Phi) is 7.41. The van der Waals surface area contributed by atoms with Gasteiger partial charge in [0.05, 0.1) is 48.4 Å². The summed E-state index contributed by atoms with van der Waals surface area (Å²) in [5.41, 5.74) is 1.11. The summed E-state index contributed by atoms with van der Waals surface area (Å²) >= 11 is 8.92. The van der Waals surface area contributed by atoms with Crippen LogP contribution in [0.1, 0.15) is 19.0 Å². The molecule has 7 nitrogen and oxygen atoms in total. The number of thioether (sulfide) groups is 1. The standard InChI is InChI=1S/C18H19ClN2O5S2/c1-2-24-17(23)6-11-9-27-18(20-11)28-10-16(22)21-13-8-15-14(7-12(13)19)25-4-3-5-26-15/h7-9H,2-6,10H2,1H3,(H,21,22). The molecule has 3 rings (SSSR count). The van der Waals surface area contributed by atoms with E-state index in [4.69, 9.17) is 25.8 Å². The number of fused-ring (bicyclic) bond motifs is 1. The quantitative estimate of drug-likeness (QED) is 0.515. The molecule has 0 atom stereocenters. The number of hydrogen-bond donors (Lipinski definition) is 1. The Bertz CT molecular complexity index is 858. The van der Waals surface area contributed by atoms with E-state index in [1.54, 1.807) is 24.4 Å². The SMILES string of the molecule is CCOC(=O)Cc1csc(SCC(=O)Nc2cc3c(cc2Cl)OCCCO3)n1. The molecule has 10 heteroatoms. The lowest BCUT2D eigenvalue weighted by atomic mass is 10.2. The molecule has 0 spiro atoms. The zero-order valence-electron chi connectivity index (χ0n) is 15.2. The molecule has 1 aromatic carbocycles. The maximum Gasteiger partial charge on any atom is 0.311 e. The minimum Gasteiger partial charge on any atom is -0.490 e. The van der Waals surface area contributed by atoms with Gasteiger partial charge >= 0.3 is 5.97 Å². The van der Waals surface area contributed by atoms with Crippen LogP contribution in [0.5, 0.6) is 11.5 Å². The van der Waals surface area contributed by atoms with Gasteiger partial charge in [0.1, 0.15) is 0 Å². The summed E-state index contributed by atoms with van der Waals surface area (Å²) in [6.07, 6.45) is 0.917. The first-order valence-electron chi connectivity index (χ1n) is 8.67. The minimum atomic E-state index is -0.314. The topological polar surface area (TPSA) is 86.8 Å². The van der Waals surface area contributed by atoms with E-state index in [0.717, 1.165) is 6.42 Å². The highest BCUT2D eigenvalue weighted by Crippen LogP contribution is 2.37. The molecule has 1 N–H and O–H groups in total. The van der Waals surface area contributed by atoms with Crippen molar-refractivity contribution in [1.82, 2.24) is 4.98 Å². The summed E-state index contributed by atoms with van der Waals surface area (Å²) in [6.45, 7) is 3.22. The minimum absolute atomic E-state index is 0.129. The van der Waals surface area contributed by atoms with E-state index in [0.29, 0.717) is 52.1 Å². The maximum absolute atomic E-state index is 12.3. The fourth-order valence-electron chi connectivity index (χ4n) is 2.39. The fraction of sp³-hybridized carbons (Fsp3) is 0.389. The van der Waals surface area contributed by atoms with E-state index in [9.17, 15) is 9.59 Å². The predicted octanol–water partition coefficient (Wildman–Crippen LogP) is 3.79. The number of hydrogen-bond acceptors (Lipinski definition) is 8. The molecule has 28 heavy (non-hydrogen) atoms. The van der Waals surface area contributed by atoms with E-state index >= 15 is 0 Å². The molecule has 0 saturated carbocycles. The van der Waals surface area contributed by atoms with Crippen LogP contribution in [0.3, 0.4) is 0 Å². The third kappa shape index (κ3) is 5.76. The second kappa shape index (κ2) is 9.99. The van der Waals surface area contributed by atoms with Gasteiger partial charge in [-0.25, -0.2) is 4.98 Å². The molecule has 0 aliphatic carbocycles. The van der Waals surface area contributed by atoms with Crippen LogP contribution >= 0.6 is 34.7 Å². The van der Waals surface area contributed by atoms with Crippen molar-refractivity contribution in [3.05, 3.63) is 28.2 Å². The van der Waals surface area contributed by atoms with Crippen LogP contribution in [0.4, 0.5) is 5.69 Å². The van der Waals surface area contributed by atoms with Crippen LogP contribution in [-0.4, -0.2) is 42.4 Å². The van der Waals surface area contributed by atoms with Crippen molar-refractivity contribution in [2.24, 2.45) is 0 Å². The van der Waals surface area contributed by atoms with Crippen molar-refractivity contribution in [3.8, 4) is 11.5 Å². The third-order valence-corrected chi connectivity index (χ3v) is 5.98. The van der Waals surface area contributed by atoms with E-state index in [1.807, 2.05) is 0 Å². The van der Waals surface area contributed by atoms with Crippen LogP contribution in [0.2, 0.25) is 5.02 Å². The maximum atomic E-state index is 12.3. The normalized spacial score (nSPS) is 12.9. The molecular formula is C18H19ClN2O5S2. The summed E-state index contributed by atoms with van der Waals surface area (Å²) in [7, 11) is 0. The first-order valence-corrected chi connectivity index (χ1v) is 10.9. The Labute approximate surface area is 175 Å². The van der Waals surface area contributed by atoms with Crippen LogP contribution < -0.4 is 14.8 Å². The second-order valence-corrected chi connectivity index (χ2v) is 8.24. The number of aromatic nitrogens is 1. The number of carbonyl (C=O) groups is 2. The van der Waals surface area contributed by atoms with Crippen LogP contribution in [-0.2, 0) is 20.7 Å². The lowest BCUT2D eigenvalue weighted by Crippen LogP contribution is -2.14. The third-order valence-electron chi connectivity index (χ3n) is 3.60. The largest absolute Gasteiger partial charge is 0.490 e.